The number of nitrogens with zero attached hydrogens (tertiary/aromatic N) is 4. The van der Waals surface area contributed by atoms with Gasteiger partial charge in [0, 0.05) is 62.2 Å². The van der Waals surface area contributed by atoms with Gasteiger partial charge in [0.25, 0.3) is 5.91 Å². The van der Waals surface area contributed by atoms with Gasteiger partial charge in [-0.3, -0.25) is 19.6 Å². The van der Waals surface area contributed by atoms with E-state index in [0.29, 0.717) is 38.0 Å². The molecular formula is C23H27N5O2. The maximum absolute atomic E-state index is 12.8. The number of aromatic nitrogens is 1. The van der Waals surface area contributed by atoms with Crippen LogP contribution in [0.15, 0.2) is 53.9 Å². The van der Waals surface area contributed by atoms with Crippen LogP contribution in [-0.2, 0) is 11.3 Å². The van der Waals surface area contributed by atoms with Crippen molar-refractivity contribution in [2.24, 2.45) is 11.0 Å². The molecule has 0 spiro atoms. The lowest BCUT2D eigenvalue weighted by Crippen LogP contribution is -2.42. The molecule has 2 amide bonds. The van der Waals surface area contributed by atoms with Gasteiger partial charge in [-0.05, 0) is 55.7 Å². The van der Waals surface area contributed by atoms with E-state index in [1.165, 1.54) is 0 Å². The first-order valence-corrected chi connectivity index (χ1v) is 10.5. The van der Waals surface area contributed by atoms with E-state index in [4.69, 9.17) is 0 Å². The number of amides is 2. The van der Waals surface area contributed by atoms with Gasteiger partial charge in [-0.1, -0.05) is 6.07 Å². The van der Waals surface area contributed by atoms with Crippen LogP contribution in [0.3, 0.4) is 0 Å². The lowest BCUT2D eigenvalue weighted by atomic mass is 9.95. The summed E-state index contributed by atoms with van der Waals surface area (Å²) in [6, 6.07) is 11.4. The molecule has 0 bridgehead atoms. The Morgan fingerprint density at radius 3 is 2.50 bits per heavy atom. The molecule has 4 rings (SSSR count). The fraction of sp³-hybridized carbons (Fsp3) is 0.391. The quantitative estimate of drug-likeness (QED) is 0.830. The van der Waals surface area contributed by atoms with E-state index in [1.54, 1.807) is 12.4 Å². The molecule has 7 heteroatoms. The second-order valence-corrected chi connectivity index (χ2v) is 7.90. The molecule has 156 valence electrons. The molecule has 2 aliphatic heterocycles. The number of anilines is 1. The highest BCUT2D eigenvalue weighted by atomic mass is 16.2. The maximum Gasteiger partial charge on any atom is 0.253 e. The zero-order valence-electron chi connectivity index (χ0n) is 17.3. The zero-order chi connectivity index (χ0) is 20.9. The number of piperidine rings is 1. The highest BCUT2D eigenvalue weighted by Crippen LogP contribution is 2.23. The number of carbonyl (C=O) groups is 2. The Bertz CT molecular complexity index is 918. The Morgan fingerprint density at radius 1 is 1.10 bits per heavy atom. The van der Waals surface area contributed by atoms with Crippen molar-refractivity contribution in [3.05, 3.63) is 59.9 Å². The van der Waals surface area contributed by atoms with E-state index in [2.05, 4.69) is 15.4 Å². The molecule has 0 saturated carbocycles. The molecule has 0 unspecified atom stereocenters. The molecule has 1 aromatic carbocycles. The van der Waals surface area contributed by atoms with Crippen LogP contribution in [0.5, 0.6) is 0 Å². The predicted octanol–water partition coefficient (Wildman–Crippen LogP) is 2.84. The van der Waals surface area contributed by atoms with Gasteiger partial charge in [0.1, 0.15) is 0 Å². The third-order valence-corrected chi connectivity index (χ3v) is 5.73. The molecule has 1 aromatic heterocycles. The van der Waals surface area contributed by atoms with E-state index in [9.17, 15) is 9.59 Å². The smallest absolute Gasteiger partial charge is 0.253 e. The Morgan fingerprint density at radius 2 is 1.87 bits per heavy atom. The molecule has 0 radical (unpaired) electrons. The summed E-state index contributed by atoms with van der Waals surface area (Å²) in [6.07, 6.45) is 5.82. The van der Waals surface area contributed by atoms with Crippen LogP contribution >= 0.6 is 0 Å². The van der Waals surface area contributed by atoms with Crippen molar-refractivity contribution in [1.82, 2.24) is 15.2 Å². The largest absolute Gasteiger partial charge is 0.352 e. The molecule has 0 atom stereocenters. The minimum Gasteiger partial charge on any atom is -0.352 e. The van der Waals surface area contributed by atoms with Gasteiger partial charge in [-0.15, -0.1) is 0 Å². The van der Waals surface area contributed by atoms with E-state index >= 15 is 0 Å². The molecule has 1 N–H and O–H groups in total. The number of likely N-dealkylation sites (tertiary alicyclic amines) is 1. The minimum atomic E-state index is -0.0515. The number of hydrogen-bond donors (Lipinski definition) is 1. The summed E-state index contributed by atoms with van der Waals surface area (Å²) >= 11 is 0. The molecule has 2 aliphatic rings. The van der Waals surface area contributed by atoms with Gasteiger partial charge in [-0.2, -0.15) is 5.10 Å². The van der Waals surface area contributed by atoms with Gasteiger partial charge in [0.05, 0.1) is 5.69 Å². The molecule has 3 heterocycles. The molecule has 2 aromatic rings. The van der Waals surface area contributed by atoms with Crippen LogP contribution in [0.2, 0.25) is 0 Å². The fourth-order valence-electron chi connectivity index (χ4n) is 3.90. The lowest BCUT2D eigenvalue weighted by Gasteiger charge is -2.31. The van der Waals surface area contributed by atoms with Crippen molar-refractivity contribution in [2.75, 3.05) is 24.6 Å². The number of rotatable bonds is 5. The SMILES string of the molecule is CC1=NN(c2ccc(C(=O)N3CCC(C(=O)NCc4cccnc4)CC3)cc2)CC1. The summed E-state index contributed by atoms with van der Waals surface area (Å²) in [5.41, 5.74) is 3.80. The molecule has 1 saturated heterocycles. The van der Waals surface area contributed by atoms with Crippen LogP contribution in [0.1, 0.15) is 42.1 Å². The van der Waals surface area contributed by atoms with E-state index in [-0.39, 0.29) is 17.7 Å². The average Bonchev–Trinajstić information content (AvgIpc) is 3.24. The topological polar surface area (TPSA) is 77.9 Å². The first-order valence-electron chi connectivity index (χ1n) is 10.5. The Kier molecular flexibility index (Phi) is 6.07. The van der Waals surface area contributed by atoms with Crippen molar-refractivity contribution < 1.29 is 9.59 Å². The third-order valence-electron chi connectivity index (χ3n) is 5.73. The predicted molar refractivity (Wildman–Crippen MR) is 116 cm³/mol. The number of hydrogen-bond acceptors (Lipinski definition) is 5. The molecule has 30 heavy (non-hydrogen) atoms. The molecule has 1 fully saturated rings. The number of nitrogens with one attached hydrogen (secondary N) is 1. The second-order valence-electron chi connectivity index (χ2n) is 7.90. The van der Waals surface area contributed by atoms with Gasteiger partial charge in [-0.25, -0.2) is 0 Å². The second kappa shape index (κ2) is 9.07. The van der Waals surface area contributed by atoms with Gasteiger partial charge in [0.2, 0.25) is 5.91 Å². The molecule has 0 aliphatic carbocycles. The van der Waals surface area contributed by atoms with Crippen LogP contribution in [0, 0.1) is 5.92 Å². The van der Waals surface area contributed by atoms with Crippen molar-refractivity contribution >= 4 is 23.2 Å². The highest BCUT2D eigenvalue weighted by Gasteiger charge is 2.27. The minimum absolute atomic E-state index is 0.0249. The number of benzene rings is 1. The average molecular weight is 406 g/mol. The van der Waals surface area contributed by atoms with Gasteiger partial charge in [0.15, 0.2) is 0 Å². The first-order chi connectivity index (χ1) is 14.6. The molecule has 7 nitrogen and oxygen atoms in total. The van der Waals surface area contributed by atoms with E-state index in [1.807, 2.05) is 53.2 Å². The summed E-state index contributed by atoms with van der Waals surface area (Å²) in [4.78, 5) is 31.2. The van der Waals surface area contributed by atoms with Crippen molar-refractivity contribution in [1.29, 1.82) is 0 Å². The highest BCUT2D eigenvalue weighted by molar-refractivity contribution is 5.95. The third kappa shape index (κ3) is 4.67. The normalized spacial score (nSPS) is 17.0. The summed E-state index contributed by atoms with van der Waals surface area (Å²) in [6.45, 7) is 4.59. The standard InChI is InChI=1S/C23H27N5O2/c1-17-8-14-28(26-17)21-6-4-20(5-7-21)23(30)27-12-9-19(10-13-27)22(29)25-16-18-3-2-11-24-15-18/h2-7,11,15,19H,8-10,12-14,16H2,1H3,(H,25,29). The summed E-state index contributed by atoms with van der Waals surface area (Å²) < 4.78 is 0. The van der Waals surface area contributed by atoms with Crippen molar-refractivity contribution in [2.45, 2.75) is 32.7 Å². The van der Waals surface area contributed by atoms with Crippen molar-refractivity contribution in [3.8, 4) is 0 Å². The number of pyridine rings is 1. The Labute approximate surface area is 176 Å². The Balaban J connectivity index is 1.27. The lowest BCUT2D eigenvalue weighted by molar-refractivity contribution is -0.126. The van der Waals surface area contributed by atoms with Crippen LogP contribution in [-0.4, -0.2) is 47.0 Å². The van der Waals surface area contributed by atoms with Crippen molar-refractivity contribution in [3.63, 3.8) is 0 Å². The van der Waals surface area contributed by atoms with Gasteiger partial charge < -0.3 is 10.2 Å². The molecular weight excluding hydrogens is 378 g/mol. The Hall–Kier alpha value is -3.22. The van der Waals surface area contributed by atoms with E-state index in [0.717, 1.165) is 29.9 Å². The summed E-state index contributed by atoms with van der Waals surface area (Å²) in [5.74, 6) is 0.0259. The maximum atomic E-state index is 12.8. The van der Waals surface area contributed by atoms with Crippen LogP contribution in [0.25, 0.3) is 0 Å². The van der Waals surface area contributed by atoms with Crippen LogP contribution in [0.4, 0.5) is 5.69 Å². The monoisotopic (exact) mass is 405 g/mol. The van der Waals surface area contributed by atoms with Gasteiger partial charge >= 0.3 is 0 Å². The fourth-order valence-corrected chi connectivity index (χ4v) is 3.90. The number of hydrazone groups is 1. The summed E-state index contributed by atoms with van der Waals surface area (Å²) in [7, 11) is 0. The number of carbonyl (C=O) groups excluding carboxylic acids is 2. The first kappa shape index (κ1) is 20.1. The van der Waals surface area contributed by atoms with E-state index < -0.39 is 0 Å². The zero-order valence-corrected chi connectivity index (χ0v) is 17.3. The summed E-state index contributed by atoms with van der Waals surface area (Å²) in [5, 5.41) is 9.45. The van der Waals surface area contributed by atoms with Crippen LogP contribution < -0.4 is 10.3 Å².